The summed E-state index contributed by atoms with van der Waals surface area (Å²) in [5, 5.41) is 12.7. The lowest BCUT2D eigenvalue weighted by Gasteiger charge is -2.07. The molecule has 3 aromatic rings. The summed E-state index contributed by atoms with van der Waals surface area (Å²) >= 11 is 6.80. The fourth-order valence-electron chi connectivity index (χ4n) is 1.77. The number of aromatic nitrogens is 4. The molecular weight excluding hydrogens is 362 g/mol. The molecule has 1 N–H and O–H groups in total. The Labute approximate surface area is 139 Å². The van der Waals surface area contributed by atoms with Gasteiger partial charge in [0.2, 0.25) is 0 Å². The molecule has 3 rings (SSSR count). The summed E-state index contributed by atoms with van der Waals surface area (Å²) in [7, 11) is -4.00. The molecule has 2 heterocycles. The molecule has 11 heteroatoms. The highest BCUT2D eigenvalue weighted by atomic mass is 35.5. The molecule has 0 aliphatic carbocycles. The van der Waals surface area contributed by atoms with E-state index in [-0.39, 0.29) is 9.77 Å². The smallest absolute Gasteiger partial charge is 0.267 e. The Morgan fingerprint density at radius 2 is 1.96 bits per heavy atom. The zero-order valence-electron chi connectivity index (χ0n) is 11.2. The van der Waals surface area contributed by atoms with Gasteiger partial charge < -0.3 is 0 Å². The fraction of sp³-hybridized carbons (Fsp3) is 0. The second-order valence-electron chi connectivity index (χ2n) is 4.28. The Morgan fingerprint density at radius 3 is 2.61 bits per heavy atom. The van der Waals surface area contributed by atoms with E-state index in [0.29, 0.717) is 10.7 Å². The third kappa shape index (κ3) is 3.23. The topological polar surface area (TPSA) is 107 Å². The van der Waals surface area contributed by atoms with Crippen LogP contribution in [-0.4, -0.2) is 34.5 Å². The molecule has 8 nitrogen and oxygen atoms in total. The van der Waals surface area contributed by atoms with Gasteiger partial charge in [0.25, 0.3) is 15.9 Å². The number of nitrogens with one attached hydrogen (secondary N) is 1. The number of tetrazole rings is 1. The van der Waals surface area contributed by atoms with E-state index in [1.54, 1.807) is 11.4 Å². The molecule has 23 heavy (non-hydrogen) atoms. The van der Waals surface area contributed by atoms with Crippen molar-refractivity contribution < 1.29 is 13.2 Å². The molecule has 0 spiro atoms. The first-order valence-electron chi connectivity index (χ1n) is 6.11. The summed E-state index contributed by atoms with van der Waals surface area (Å²) in [4.78, 5) is 12.4. The standard InChI is InChI=1S/C12H8ClN5O3S2/c13-8-1-3-9(4-2-8)23(20,21)15-12(19)11-10(5-6-22-11)18-7-14-16-17-18/h1-7H,(H,15,19). The van der Waals surface area contributed by atoms with Gasteiger partial charge in [-0.05, 0) is 46.1 Å². The van der Waals surface area contributed by atoms with Crippen molar-refractivity contribution in [3.05, 3.63) is 51.9 Å². The van der Waals surface area contributed by atoms with Crippen molar-refractivity contribution in [2.45, 2.75) is 4.90 Å². The molecule has 118 valence electrons. The first-order valence-corrected chi connectivity index (χ1v) is 8.85. The van der Waals surface area contributed by atoms with Crippen molar-refractivity contribution in [3.63, 3.8) is 0 Å². The van der Waals surface area contributed by atoms with Gasteiger partial charge in [-0.25, -0.2) is 13.1 Å². The van der Waals surface area contributed by atoms with Crippen LogP contribution in [-0.2, 0) is 10.0 Å². The van der Waals surface area contributed by atoms with Gasteiger partial charge in [0, 0.05) is 5.02 Å². The highest BCUT2D eigenvalue weighted by Crippen LogP contribution is 2.21. The Kier molecular flexibility index (Phi) is 4.11. The van der Waals surface area contributed by atoms with Crippen LogP contribution >= 0.6 is 22.9 Å². The van der Waals surface area contributed by atoms with E-state index >= 15 is 0 Å². The number of halogens is 1. The quantitative estimate of drug-likeness (QED) is 0.746. The zero-order valence-corrected chi connectivity index (χ0v) is 13.6. The van der Waals surface area contributed by atoms with Crippen LogP contribution in [0.1, 0.15) is 9.67 Å². The van der Waals surface area contributed by atoms with Gasteiger partial charge in [-0.2, -0.15) is 4.68 Å². The van der Waals surface area contributed by atoms with Gasteiger partial charge in [-0.15, -0.1) is 16.4 Å². The number of rotatable bonds is 4. The number of hydrogen-bond donors (Lipinski definition) is 1. The first-order chi connectivity index (χ1) is 11.0. The van der Waals surface area contributed by atoms with Crippen LogP contribution in [0.5, 0.6) is 0 Å². The molecule has 0 aliphatic heterocycles. The molecule has 0 aliphatic rings. The van der Waals surface area contributed by atoms with E-state index in [4.69, 9.17) is 11.6 Å². The number of carbonyl (C=O) groups excluding carboxylic acids is 1. The predicted octanol–water partition coefficient (Wildman–Crippen LogP) is 1.50. The molecule has 0 saturated carbocycles. The van der Waals surface area contributed by atoms with Crippen LogP contribution in [0, 0.1) is 0 Å². The number of benzene rings is 1. The van der Waals surface area contributed by atoms with E-state index in [9.17, 15) is 13.2 Å². The average Bonchev–Trinajstić information content (AvgIpc) is 3.18. The summed E-state index contributed by atoms with van der Waals surface area (Å²) in [5.41, 5.74) is 0.392. The highest BCUT2D eigenvalue weighted by molar-refractivity contribution is 7.90. The van der Waals surface area contributed by atoms with Crippen molar-refractivity contribution in [2.24, 2.45) is 0 Å². The van der Waals surface area contributed by atoms with Crippen LogP contribution in [0.4, 0.5) is 0 Å². The SMILES string of the molecule is O=C(NS(=O)(=O)c1ccc(Cl)cc1)c1sccc1-n1cnnn1. The average molecular weight is 370 g/mol. The lowest BCUT2D eigenvalue weighted by atomic mass is 10.4. The van der Waals surface area contributed by atoms with Crippen LogP contribution in [0.2, 0.25) is 5.02 Å². The molecule has 0 bridgehead atoms. The minimum absolute atomic E-state index is 0.0595. The largest absolute Gasteiger partial charge is 0.277 e. The second kappa shape index (κ2) is 6.07. The number of hydrogen-bond acceptors (Lipinski definition) is 7. The zero-order chi connectivity index (χ0) is 16.4. The maximum atomic E-state index is 12.3. The van der Waals surface area contributed by atoms with E-state index < -0.39 is 15.9 Å². The van der Waals surface area contributed by atoms with Crippen LogP contribution < -0.4 is 4.72 Å². The van der Waals surface area contributed by atoms with Crippen LogP contribution in [0.25, 0.3) is 5.69 Å². The maximum absolute atomic E-state index is 12.3. The molecule has 0 saturated heterocycles. The highest BCUT2D eigenvalue weighted by Gasteiger charge is 2.22. The number of carbonyl (C=O) groups is 1. The summed E-state index contributed by atoms with van der Waals surface area (Å²) < 4.78 is 27.8. The molecule has 0 atom stereocenters. The maximum Gasteiger partial charge on any atom is 0.277 e. The lowest BCUT2D eigenvalue weighted by Crippen LogP contribution is -2.30. The van der Waals surface area contributed by atoms with E-state index in [0.717, 1.165) is 11.3 Å². The molecular formula is C12H8ClN5O3S2. The van der Waals surface area contributed by atoms with Gasteiger partial charge in [-0.3, -0.25) is 4.79 Å². The number of thiophene rings is 1. The Bertz CT molecular complexity index is 936. The van der Waals surface area contributed by atoms with Gasteiger partial charge in [-0.1, -0.05) is 11.6 Å². The summed E-state index contributed by atoms with van der Waals surface area (Å²) in [6.45, 7) is 0. The number of amides is 1. The normalized spacial score (nSPS) is 11.3. The minimum Gasteiger partial charge on any atom is -0.267 e. The van der Waals surface area contributed by atoms with E-state index in [1.165, 1.54) is 35.3 Å². The van der Waals surface area contributed by atoms with Crippen LogP contribution in [0.3, 0.4) is 0 Å². The van der Waals surface area contributed by atoms with Crippen LogP contribution in [0.15, 0.2) is 46.9 Å². The third-order valence-corrected chi connectivity index (χ3v) is 5.30. The van der Waals surface area contributed by atoms with Crippen molar-refractivity contribution in [2.75, 3.05) is 0 Å². The summed E-state index contributed by atoms with van der Waals surface area (Å²) in [5.74, 6) is -0.763. The van der Waals surface area contributed by atoms with Gasteiger partial charge in [0.05, 0.1) is 10.6 Å². The third-order valence-electron chi connectivity index (χ3n) is 2.80. The number of nitrogens with zero attached hydrogens (tertiary/aromatic N) is 4. The minimum atomic E-state index is -4.00. The molecule has 0 unspecified atom stereocenters. The fourth-order valence-corrected chi connectivity index (χ4v) is 3.69. The molecule has 0 fully saturated rings. The number of sulfonamides is 1. The lowest BCUT2D eigenvalue weighted by molar-refractivity contribution is 0.0985. The van der Waals surface area contributed by atoms with Crippen molar-refractivity contribution >= 4 is 38.9 Å². The second-order valence-corrected chi connectivity index (χ2v) is 7.31. The van der Waals surface area contributed by atoms with Crippen molar-refractivity contribution in [1.29, 1.82) is 0 Å². The van der Waals surface area contributed by atoms with Crippen molar-refractivity contribution in [1.82, 2.24) is 24.9 Å². The first kappa shape index (κ1) is 15.6. The van der Waals surface area contributed by atoms with E-state index in [1.807, 2.05) is 4.72 Å². The molecule has 2 aromatic heterocycles. The predicted molar refractivity (Wildman–Crippen MR) is 83.1 cm³/mol. The van der Waals surface area contributed by atoms with Gasteiger partial charge in [0.1, 0.15) is 11.2 Å². The van der Waals surface area contributed by atoms with E-state index in [2.05, 4.69) is 15.5 Å². The van der Waals surface area contributed by atoms with Crippen molar-refractivity contribution in [3.8, 4) is 5.69 Å². The monoisotopic (exact) mass is 369 g/mol. The van der Waals surface area contributed by atoms with Gasteiger partial charge in [0.15, 0.2) is 0 Å². The Morgan fingerprint density at radius 1 is 1.22 bits per heavy atom. The Hall–Kier alpha value is -2.30. The summed E-state index contributed by atoms with van der Waals surface area (Å²) in [6, 6.07) is 7.10. The summed E-state index contributed by atoms with van der Waals surface area (Å²) in [6.07, 6.45) is 1.31. The molecule has 1 aromatic carbocycles. The van der Waals surface area contributed by atoms with Gasteiger partial charge >= 0.3 is 0 Å². The molecule has 0 radical (unpaired) electrons. The Balaban J connectivity index is 1.88. The molecule has 1 amide bonds.